The van der Waals surface area contributed by atoms with Crippen molar-refractivity contribution in [3.63, 3.8) is 0 Å². The fourth-order valence-corrected chi connectivity index (χ4v) is 3.49. The second kappa shape index (κ2) is 13.6. The van der Waals surface area contributed by atoms with Crippen LogP contribution in [0.1, 0.15) is 0 Å². The normalized spacial score (nSPS) is 10.9. The van der Waals surface area contributed by atoms with Gasteiger partial charge >= 0.3 is 59.1 Å². The van der Waals surface area contributed by atoms with Gasteiger partial charge in [0.15, 0.2) is 37.5 Å². The van der Waals surface area contributed by atoms with Crippen LogP contribution in [-0.4, -0.2) is 61.5 Å². The second-order valence-corrected chi connectivity index (χ2v) is 9.13. The first-order valence-electron chi connectivity index (χ1n) is 9.49. The van der Waals surface area contributed by atoms with Gasteiger partial charge in [-0.15, -0.1) is 20.4 Å². The summed E-state index contributed by atoms with van der Waals surface area (Å²) in [4.78, 5) is 8.32. The summed E-state index contributed by atoms with van der Waals surface area (Å²) < 4.78 is 77.2. The number of aromatic nitrogens is 7. The van der Waals surface area contributed by atoms with Crippen molar-refractivity contribution in [3.8, 4) is 34.4 Å². The molecular weight excluding hydrogens is 564 g/mol. The van der Waals surface area contributed by atoms with Crippen LogP contribution in [0.5, 0.6) is 0 Å². The van der Waals surface area contributed by atoms with Crippen molar-refractivity contribution in [2.45, 2.75) is 10.2 Å². The monoisotopic (exact) mass is 575 g/mol. The van der Waals surface area contributed by atoms with Crippen LogP contribution < -0.4 is 59.1 Å². The molecule has 5 heterocycles. The molecule has 0 spiro atoms. The summed E-state index contributed by atoms with van der Waals surface area (Å²) in [5, 5.41) is 16.3. The van der Waals surface area contributed by atoms with Crippen LogP contribution in [0.2, 0.25) is 0 Å². The number of nitrogens with zero attached hydrogens (tertiary/aromatic N) is 7. The molecule has 0 bridgehead atoms. The number of furan rings is 2. The van der Waals surface area contributed by atoms with E-state index in [0.717, 1.165) is 24.3 Å². The number of hydrogen-bond acceptors (Lipinski definition) is 15. The zero-order valence-electron chi connectivity index (χ0n) is 19.6. The quantitative estimate of drug-likeness (QED) is 0.141. The van der Waals surface area contributed by atoms with Gasteiger partial charge in [-0.2, -0.15) is 0 Å². The zero-order valence-corrected chi connectivity index (χ0v) is 25.2. The number of rotatable bonds is 5. The molecule has 38 heavy (non-hydrogen) atoms. The Hall–Kier alpha value is -2.45. The van der Waals surface area contributed by atoms with E-state index in [2.05, 4.69) is 35.6 Å². The van der Waals surface area contributed by atoms with Crippen LogP contribution in [0.25, 0.3) is 34.4 Å². The van der Waals surface area contributed by atoms with Gasteiger partial charge in [0.1, 0.15) is 11.4 Å². The van der Waals surface area contributed by atoms with E-state index in [1.54, 1.807) is 36.7 Å². The van der Waals surface area contributed by atoms with E-state index >= 15 is 0 Å². The minimum absolute atomic E-state index is 0. The third-order valence-electron chi connectivity index (χ3n) is 4.11. The molecule has 0 aromatic carbocycles. The van der Waals surface area contributed by atoms with Crippen molar-refractivity contribution in [2.75, 3.05) is 0 Å². The fraction of sp³-hybridized carbons (Fsp3) is 0. The zero-order chi connectivity index (χ0) is 25.8. The molecule has 19 heteroatoms. The standard InChI is InChI=1S/C16H10N4O8S2.C3H3N3.2Na/c21-29(22,23)12-6-4-10(27-12)14-15(11-5-7-13(28-11)30(24,25)26)19-20-16(18-14)9-3-1-2-8-17-9;1-2-4-6-5-3-1;;/h1-8H,(H,21,22,23)(H,24,25,26);1-3H;;/q;;2*+1/p-2. The van der Waals surface area contributed by atoms with Gasteiger partial charge in [-0.25, -0.2) is 21.8 Å². The Morgan fingerprint density at radius 1 is 0.658 bits per heavy atom. The molecule has 5 rings (SSSR count). The van der Waals surface area contributed by atoms with Crippen LogP contribution >= 0.6 is 0 Å². The maximum Gasteiger partial charge on any atom is 1.00 e. The molecule has 0 unspecified atom stereocenters. The fourth-order valence-electron chi connectivity index (χ4n) is 2.64. The molecule has 0 saturated heterocycles. The predicted molar refractivity (Wildman–Crippen MR) is 114 cm³/mol. The molecular formula is C19H11N7Na2O8S2. The predicted octanol–water partition coefficient (Wildman–Crippen LogP) is -4.86. The summed E-state index contributed by atoms with van der Waals surface area (Å²) >= 11 is 0. The van der Waals surface area contributed by atoms with E-state index in [4.69, 9.17) is 8.83 Å². The second-order valence-electron chi connectivity index (χ2n) is 6.50. The van der Waals surface area contributed by atoms with Gasteiger partial charge in [-0.3, -0.25) is 4.98 Å². The molecule has 0 fully saturated rings. The Bertz CT molecular complexity index is 1670. The van der Waals surface area contributed by atoms with Gasteiger partial charge in [0, 0.05) is 6.20 Å². The Kier molecular flexibility index (Phi) is 11.3. The molecule has 0 N–H and O–H groups in total. The summed E-state index contributed by atoms with van der Waals surface area (Å²) in [6.07, 6.45) is 4.64. The van der Waals surface area contributed by atoms with Crippen molar-refractivity contribution in [3.05, 3.63) is 67.1 Å². The van der Waals surface area contributed by atoms with Gasteiger partial charge in [0.2, 0.25) is 16.0 Å². The topological polar surface area (TPSA) is 231 Å². The van der Waals surface area contributed by atoms with Crippen LogP contribution in [0.3, 0.4) is 0 Å². The van der Waals surface area contributed by atoms with Gasteiger partial charge < -0.3 is 17.9 Å². The Labute approximate surface area is 259 Å². The van der Waals surface area contributed by atoms with Crippen LogP contribution in [-0.2, 0) is 20.2 Å². The molecule has 15 nitrogen and oxygen atoms in total. The maximum atomic E-state index is 11.2. The summed E-state index contributed by atoms with van der Waals surface area (Å²) in [6, 6.07) is 10.8. The van der Waals surface area contributed by atoms with Crippen LogP contribution in [0.4, 0.5) is 0 Å². The average Bonchev–Trinajstić information content (AvgIpc) is 3.56. The van der Waals surface area contributed by atoms with Gasteiger partial charge in [0.25, 0.3) is 0 Å². The average molecular weight is 575 g/mol. The Morgan fingerprint density at radius 3 is 1.66 bits per heavy atom. The first-order chi connectivity index (χ1) is 17.1. The molecule has 5 aromatic heterocycles. The molecule has 0 aliphatic heterocycles. The minimum atomic E-state index is -4.88. The molecule has 0 aliphatic rings. The van der Waals surface area contributed by atoms with E-state index < -0.39 is 30.4 Å². The van der Waals surface area contributed by atoms with Crippen molar-refractivity contribution in [1.82, 2.24) is 35.6 Å². The van der Waals surface area contributed by atoms with Gasteiger partial charge in [0.05, 0.1) is 12.4 Å². The minimum Gasteiger partial charge on any atom is -0.742 e. The van der Waals surface area contributed by atoms with E-state index in [1.807, 2.05) is 0 Å². The molecule has 5 aromatic rings. The van der Waals surface area contributed by atoms with E-state index in [-0.39, 0.29) is 87.8 Å². The first kappa shape index (κ1) is 31.8. The largest absolute Gasteiger partial charge is 1.00 e. The van der Waals surface area contributed by atoms with Gasteiger partial charge in [-0.05, 0) is 47.7 Å². The maximum absolute atomic E-state index is 11.2. The molecule has 0 aliphatic carbocycles. The van der Waals surface area contributed by atoms with Gasteiger partial charge in [-0.1, -0.05) is 6.07 Å². The smallest absolute Gasteiger partial charge is 0.742 e. The Balaban J connectivity index is 0.000000561. The first-order valence-corrected chi connectivity index (χ1v) is 12.3. The molecule has 0 atom stereocenters. The van der Waals surface area contributed by atoms with Crippen LogP contribution in [0.15, 0.2) is 86.1 Å². The summed E-state index contributed by atoms with van der Waals surface area (Å²) in [5.41, 5.74) is 0.0434. The van der Waals surface area contributed by atoms with Crippen molar-refractivity contribution >= 4 is 20.2 Å². The summed E-state index contributed by atoms with van der Waals surface area (Å²) in [7, 11) is -9.76. The molecule has 0 amide bonds. The molecule has 0 radical (unpaired) electrons. The SMILES string of the molecule is O=S(=O)([O-])c1ccc(-c2nnc(-c3ccccn3)nc2-c2ccc(S(=O)(=O)[O-])o2)o1.[Na+].[Na+].c1cnnnc1. The molecule has 184 valence electrons. The van der Waals surface area contributed by atoms with Crippen molar-refractivity contribution in [1.29, 1.82) is 0 Å². The Morgan fingerprint density at radius 2 is 1.24 bits per heavy atom. The summed E-state index contributed by atoms with van der Waals surface area (Å²) in [5.74, 6) is -0.357. The third kappa shape index (κ3) is 8.03. The van der Waals surface area contributed by atoms with E-state index in [9.17, 15) is 25.9 Å². The number of pyridine rings is 1. The van der Waals surface area contributed by atoms with E-state index in [1.165, 1.54) is 6.20 Å². The third-order valence-corrected chi connectivity index (χ3v) is 5.54. The molecule has 0 saturated carbocycles. The van der Waals surface area contributed by atoms with Crippen molar-refractivity contribution < 1.29 is 93.9 Å². The van der Waals surface area contributed by atoms with E-state index in [0.29, 0.717) is 5.69 Å². The van der Waals surface area contributed by atoms with Crippen molar-refractivity contribution in [2.24, 2.45) is 0 Å². The number of hydrogen-bond donors (Lipinski definition) is 0. The summed E-state index contributed by atoms with van der Waals surface area (Å²) in [6.45, 7) is 0. The van der Waals surface area contributed by atoms with Crippen LogP contribution in [0, 0.1) is 0 Å².